The van der Waals surface area contributed by atoms with Gasteiger partial charge in [0.2, 0.25) is 5.91 Å². The molecule has 2 unspecified atom stereocenters. The highest BCUT2D eigenvalue weighted by atomic mass is 16.4. The van der Waals surface area contributed by atoms with E-state index in [0.29, 0.717) is 19.4 Å². The molecule has 0 aromatic heterocycles. The summed E-state index contributed by atoms with van der Waals surface area (Å²) in [5, 5.41) is 9.03. The molecule has 0 bridgehead atoms. The van der Waals surface area contributed by atoms with Crippen molar-refractivity contribution in [3.8, 4) is 0 Å². The Labute approximate surface area is 109 Å². The van der Waals surface area contributed by atoms with Crippen LogP contribution in [-0.4, -0.2) is 34.5 Å². The topological polar surface area (TPSA) is 57.6 Å². The van der Waals surface area contributed by atoms with Crippen molar-refractivity contribution in [2.75, 3.05) is 6.54 Å². The van der Waals surface area contributed by atoms with Crippen molar-refractivity contribution in [2.24, 2.45) is 5.92 Å². The number of aliphatic carboxylic acids is 1. The van der Waals surface area contributed by atoms with E-state index in [1.165, 1.54) is 19.3 Å². The van der Waals surface area contributed by atoms with E-state index >= 15 is 0 Å². The molecular formula is C14H25NO3. The van der Waals surface area contributed by atoms with Crippen LogP contribution in [0.5, 0.6) is 0 Å². The fraction of sp³-hybridized carbons (Fsp3) is 0.857. The first kappa shape index (κ1) is 15.0. The molecule has 0 aliphatic carbocycles. The monoisotopic (exact) mass is 255 g/mol. The predicted molar refractivity (Wildman–Crippen MR) is 70.3 cm³/mol. The Morgan fingerprint density at radius 2 is 2.17 bits per heavy atom. The van der Waals surface area contributed by atoms with Gasteiger partial charge in [-0.2, -0.15) is 0 Å². The lowest BCUT2D eigenvalue weighted by Crippen LogP contribution is -2.47. The van der Waals surface area contributed by atoms with Crippen molar-refractivity contribution >= 4 is 11.9 Å². The number of piperidine rings is 1. The number of likely N-dealkylation sites (tertiary alicyclic amines) is 1. The summed E-state index contributed by atoms with van der Waals surface area (Å²) in [6, 6.07) is 0.177. The van der Waals surface area contributed by atoms with Crippen molar-refractivity contribution in [1.29, 1.82) is 0 Å². The van der Waals surface area contributed by atoms with Crippen molar-refractivity contribution in [3.05, 3.63) is 0 Å². The highest BCUT2D eigenvalue weighted by Crippen LogP contribution is 2.22. The second-order valence-corrected chi connectivity index (χ2v) is 5.32. The zero-order valence-corrected chi connectivity index (χ0v) is 11.5. The molecule has 1 heterocycles. The Balaban J connectivity index is 2.41. The molecular weight excluding hydrogens is 230 g/mol. The molecule has 4 nitrogen and oxygen atoms in total. The number of carbonyl (C=O) groups is 2. The van der Waals surface area contributed by atoms with Crippen LogP contribution in [0.3, 0.4) is 0 Å². The molecule has 0 radical (unpaired) electrons. The van der Waals surface area contributed by atoms with Gasteiger partial charge in [-0.15, -0.1) is 0 Å². The van der Waals surface area contributed by atoms with Crippen LogP contribution in [0.2, 0.25) is 0 Å². The van der Waals surface area contributed by atoms with Gasteiger partial charge in [0.15, 0.2) is 0 Å². The smallest absolute Gasteiger partial charge is 0.308 e. The molecule has 1 rings (SSSR count). The number of carbonyl (C=O) groups excluding carboxylic acids is 1. The highest BCUT2D eigenvalue weighted by Gasteiger charge is 2.32. The Kier molecular flexibility index (Phi) is 6.16. The third-order valence-corrected chi connectivity index (χ3v) is 3.80. The van der Waals surface area contributed by atoms with Crippen molar-refractivity contribution in [3.63, 3.8) is 0 Å². The largest absolute Gasteiger partial charge is 0.481 e. The SMILES string of the molecule is CCCCCCC(C)N1CC(C(=O)O)CCC1=O. The van der Waals surface area contributed by atoms with Gasteiger partial charge in [0, 0.05) is 19.0 Å². The maximum atomic E-state index is 11.8. The van der Waals surface area contributed by atoms with Crippen molar-refractivity contribution < 1.29 is 14.7 Å². The number of hydrogen-bond acceptors (Lipinski definition) is 2. The molecule has 2 atom stereocenters. The molecule has 1 fully saturated rings. The van der Waals surface area contributed by atoms with E-state index in [4.69, 9.17) is 5.11 Å². The van der Waals surface area contributed by atoms with Crippen LogP contribution in [0.1, 0.15) is 58.8 Å². The zero-order valence-electron chi connectivity index (χ0n) is 11.5. The average molecular weight is 255 g/mol. The third-order valence-electron chi connectivity index (χ3n) is 3.80. The summed E-state index contributed by atoms with van der Waals surface area (Å²) in [5.41, 5.74) is 0. The summed E-state index contributed by atoms with van der Waals surface area (Å²) >= 11 is 0. The molecule has 4 heteroatoms. The molecule has 18 heavy (non-hydrogen) atoms. The number of hydrogen-bond donors (Lipinski definition) is 1. The average Bonchev–Trinajstić information content (AvgIpc) is 2.34. The minimum Gasteiger partial charge on any atom is -0.481 e. The highest BCUT2D eigenvalue weighted by molar-refractivity contribution is 5.80. The van der Waals surface area contributed by atoms with Gasteiger partial charge in [-0.3, -0.25) is 9.59 Å². The fourth-order valence-corrected chi connectivity index (χ4v) is 2.52. The van der Waals surface area contributed by atoms with Gasteiger partial charge in [0.25, 0.3) is 0 Å². The number of nitrogens with zero attached hydrogens (tertiary/aromatic N) is 1. The van der Waals surface area contributed by atoms with Crippen molar-refractivity contribution in [1.82, 2.24) is 4.90 Å². The minimum atomic E-state index is -0.773. The normalized spacial score (nSPS) is 22.0. The number of amides is 1. The van der Waals surface area contributed by atoms with E-state index in [-0.39, 0.29) is 17.9 Å². The van der Waals surface area contributed by atoms with Crippen LogP contribution < -0.4 is 0 Å². The second kappa shape index (κ2) is 7.39. The van der Waals surface area contributed by atoms with E-state index in [2.05, 4.69) is 6.92 Å². The Bertz CT molecular complexity index is 291. The van der Waals surface area contributed by atoms with Crippen LogP contribution in [0.15, 0.2) is 0 Å². The predicted octanol–water partition coefficient (Wildman–Crippen LogP) is 2.67. The Morgan fingerprint density at radius 1 is 1.44 bits per heavy atom. The molecule has 104 valence electrons. The quantitative estimate of drug-likeness (QED) is 0.711. The summed E-state index contributed by atoms with van der Waals surface area (Å²) in [4.78, 5) is 24.6. The summed E-state index contributed by atoms with van der Waals surface area (Å²) < 4.78 is 0. The van der Waals surface area contributed by atoms with Gasteiger partial charge in [0.05, 0.1) is 5.92 Å². The molecule has 1 saturated heterocycles. The summed E-state index contributed by atoms with van der Waals surface area (Å²) in [6.45, 7) is 4.60. The van der Waals surface area contributed by atoms with E-state index in [1.807, 2.05) is 6.92 Å². The van der Waals surface area contributed by atoms with E-state index in [0.717, 1.165) is 12.8 Å². The molecule has 1 N–H and O–H groups in total. The zero-order chi connectivity index (χ0) is 13.5. The lowest BCUT2D eigenvalue weighted by atomic mass is 9.95. The van der Waals surface area contributed by atoms with Gasteiger partial charge < -0.3 is 10.0 Å². The standard InChI is InChI=1S/C14H25NO3/c1-3-4-5-6-7-11(2)15-10-12(14(17)18)8-9-13(15)16/h11-12H,3-10H2,1-2H3,(H,17,18). The fourth-order valence-electron chi connectivity index (χ4n) is 2.52. The first-order valence-electron chi connectivity index (χ1n) is 7.08. The maximum Gasteiger partial charge on any atom is 0.308 e. The lowest BCUT2D eigenvalue weighted by Gasteiger charge is -2.35. The number of carboxylic acid groups (broad SMARTS) is 1. The van der Waals surface area contributed by atoms with Gasteiger partial charge in [-0.05, 0) is 19.8 Å². The van der Waals surface area contributed by atoms with Gasteiger partial charge in [0.1, 0.15) is 0 Å². The van der Waals surface area contributed by atoms with Gasteiger partial charge >= 0.3 is 5.97 Å². The minimum absolute atomic E-state index is 0.121. The third kappa shape index (κ3) is 4.31. The van der Waals surface area contributed by atoms with Crippen LogP contribution in [0.4, 0.5) is 0 Å². The van der Waals surface area contributed by atoms with Crippen LogP contribution in [0.25, 0.3) is 0 Å². The first-order valence-corrected chi connectivity index (χ1v) is 7.08. The molecule has 1 aliphatic rings. The lowest BCUT2D eigenvalue weighted by molar-refractivity contribution is -0.148. The molecule has 0 aromatic rings. The molecule has 0 aromatic carbocycles. The second-order valence-electron chi connectivity index (χ2n) is 5.32. The first-order chi connectivity index (χ1) is 8.56. The van der Waals surface area contributed by atoms with E-state index in [9.17, 15) is 9.59 Å². The maximum absolute atomic E-state index is 11.8. The summed E-state index contributed by atoms with van der Waals surface area (Å²) in [7, 11) is 0. The molecule has 0 saturated carbocycles. The number of unbranched alkanes of at least 4 members (excludes halogenated alkanes) is 3. The van der Waals surface area contributed by atoms with E-state index < -0.39 is 5.97 Å². The number of rotatable bonds is 7. The summed E-state index contributed by atoms with van der Waals surface area (Å²) in [5.74, 6) is -1.03. The van der Waals surface area contributed by atoms with Crippen LogP contribution in [-0.2, 0) is 9.59 Å². The Morgan fingerprint density at radius 3 is 2.78 bits per heavy atom. The van der Waals surface area contributed by atoms with Gasteiger partial charge in [-0.25, -0.2) is 0 Å². The molecule has 0 spiro atoms. The Hall–Kier alpha value is -1.06. The summed E-state index contributed by atoms with van der Waals surface area (Å²) in [6.07, 6.45) is 6.62. The van der Waals surface area contributed by atoms with Gasteiger partial charge in [-0.1, -0.05) is 32.6 Å². The van der Waals surface area contributed by atoms with Crippen molar-refractivity contribution in [2.45, 2.75) is 64.8 Å². The van der Waals surface area contributed by atoms with Crippen LogP contribution in [0, 0.1) is 5.92 Å². The molecule has 1 amide bonds. The number of carboxylic acids is 1. The van der Waals surface area contributed by atoms with E-state index in [1.54, 1.807) is 4.90 Å². The van der Waals surface area contributed by atoms with Crippen LogP contribution >= 0.6 is 0 Å². The molecule has 1 aliphatic heterocycles.